The summed E-state index contributed by atoms with van der Waals surface area (Å²) in [5, 5.41) is 3.38. The van der Waals surface area contributed by atoms with E-state index in [0.29, 0.717) is 5.02 Å². The highest BCUT2D eigenvalue weighted by atomic mass is 35.5. The highest BCUT2D eigenvalue weighted by Gasteiger charge is 2.17. The van der Waals surface area contributed by atoms with Crippen LogP contribution in [-0.2, 0) is 27.8 Å². The highest BCUT2D eigenvalue weighted by Crippen LogP contribution is 2.10. The van der Waals surface area contributed by atoms with Crippen molar-refractivity contribution in [1.29, 1.82) is 0 Å². The van der Waals surface area contributed by atoms with Crippen LogP contribution in [-0.4, -0.2) is 38.0 Å². The first-order chi connectivity index (χ1) is 11.8. The topological polar surface area (TPSA) is 66.5 Å². The summed E-state index contributed by atoms with van der Waals surface area (Å²) in [6.45, 7) is 0.763. The first-order valence-electron chi connectivity index (χ1n) is 7.85. The number of nitrogens with zero attached hydrogens (tertiary/aromatic N) is 1. The predicted molar refractivity (Wildman–Crippen MR) is 99.9 cm³/mol. The molecule has 0 atom stereocenters. The number of halogens is 1. The molecule has 134 valence electrons. The molecule has 2 aromatic rings. The molecule has 7 heteroatoms. The molecule has 0 saturated heterocycles. The zero-order valence-electron chi connectivity index (χ0n) is 14.0. The van der Waals surface area contributed by atoms with E-state index in [4.69, 9.17) is 11.6 Å². The lowest BCUT2D eigenvalue weighted by Crippen LogP contribution is -2.38. The fraction of sp³-hybridized carbons (Fsp3) is 0.278. The summed E-state index contributed by atoms with van der Waals surface area (Å²) in [7, 11) is -3.36. The molecule has 0 unspecified atom stereocenters. The van der Waals surface area contributed by atoms with E-state index in [-0.39, 0.29) is 32.0 Å². The number of nitrogens with one attached hydrogen (secondary N) is 1. The van der Waals surface area contributed by atoms with Crippen molar-refractivity contribution in [3.8, 4) is 0 Å². The van der Waals surface area contributed by atoms with Gasteiger partial charge < -0.3 is 5.32 Å². The minimum Gasteiger partial charge on any atom is -0.354 e. The number of hydrogen-bond donors (Lipinski definition) is 1. The monoisotopic (exact) mass is 380 g/mol. The Morgan fingerprint density at radius 1 is 1.04 bits per heavy atom. The fourth-order valence-corrected chi connectivity index (χ4v) is 3.25. The van der Waals surface area contributed by atoms with Gasteiger partial charge in [0, 0.05) is 24.7 Å². The van der Waals surface area contributed by atoms with Crippen LogP contribution >= 0.6 is 11.6 Å². The summed E-state index contributed by atoms with van der Waals surface area (Å²) in [6.07, 6.45) is 1.40. The van der Waals surface area contributed by atoms with Crippen molar-refractivity contribution < 1.29 is 13.2 Å². The Bertz CT molecular complexity index is 793. The van der Waals surface area contributed by atoms with E-state index in [2.05, 4.69) is 5.32 Å². The molecule has 1 N–H and O–H groups in total. The summed E-state index contributed by atoms with van der Waals surface area (Å²) in [5.41, 5.74) is 1.76. The van der Waals surface area contributed by atoms with Crippen LogP contribution in [0.15, 0.2) is 54.6 Å². The maximum absolute atomic E-state index is 12.0. The molecule has 0 heterocycles. The van der Waals surface area contributed by atoms with Crippen molar-refractivity contribution in [2.45, 2.75) is 13.0 Å². The molecule has 0 saturated carbocycles. The van der Waals surface area contributed by atoms with E-state index in [1.807, 2.05) is 30.3 Å². The van der Waals surface area contributed by atoms with Crippen LogP contribution in [0.5, 0.6) is 0 Å². The zero-order valence-corrected chi connectivity index (χ0v) is 15.6. The molecule has 2 aromatic carbocycles. The van der Waals surface area contributed by atoms with Crippen LogP contribution in [0.3, 0.4) is 0 Å². The molecular formula is C18H21ClN2O3S. The van der Waals surface area contributed by atoms with Crippen LogP contribution in [0.2, 0.25) is 5.02 Å². The van der Waals surface area contributed by atoms with E-state index in [0.717, 1.165) is 11.1 Å². The fourth-order valence-electron chi connectivity index (χ4n) is 2.32. The van der Waals surface area contributed by atoms with Crippen molar-refractivity contribution in [3.63, 3.8) is 0 Å². The Morgan fingerprint density at radius 3 is 2.28 bits per heavy atom. The average Bonchev–Trinajstić information content (AvgIpc) is 2.56. The molecule has 0 bridgehead atoms. The van der Waals surface area contributed by atoms with Gasteiger partial charge in [0.15, 0.2) is 0 Å². The average molecular weight is 381 g/mol. The summed E-state index contributed by atoms with van der Waals surface area (Å²) in [4.78, 5) is 12.0. The molecule has 0 spiro atoms. The van der Waals surface area contributed by atoms with E-state index in [1.165, 1.54) is 10.6 Å². The van der Waals surface area contributed by atoms with Gasteiger partial charge in [-0.2, -0.15) is 4.31 Å². The third-order valence-electron chi connectivity index (χ3n) is 3.63. The maximum atomic E-state index is 12.0. The van der Waals surface area contributed by atoms with Crippen LogP contribution < -0.4 is 5.32 Å². The highest BCUT2D eigenvalue weighted by molar-refractivity contribution is 7.88. The quantitative estimate of drug-likeness (QED) is 0.765. The third-order valence-corrected chi connectivity index (χ3v) is 5.13. The minimum atomic E-state index is -3.36. The molecule has 0 radical (unpaired) electrons. The number of amides is 1. The van der Waals surface area contributed by atoms with Crippen LogP contribution in [0, 0.1) is 0 Å². The van der Waals surface area contributed by atoms with Crippen LogP contribution in [0.1, 0.15) is 11.1 Å². The molecule has 25 heavy (non-hydrogen) atoms. The van der Waals surface area contributed by atoms with Crippen molar-refractivity contribution in [2.75, 3.05) is 19.3 Å². The van der Waals surface area contributed by atoms with Gasteiger partial charge in [0.2, 0.25) is 15.9 Å². The summed E-state index contributed by atoms with van der Waals surface area (Å²) < 4.78 is 25.2. The van der Waals surface area contributed by atoms with Crippen molar-refractivity contribution in [2.24, 2.45) is 0 Å². The lowest BCUT2D eigenvalue weighted by molar-refractivity contribution is -0.120. The van der Waals surface area contributed by atoms with Gasteiger partial charge in [-0.1, -0.05) is 54.1 Å². The molecule has 1 amide bonds. The smallest absolute Gasteiger partial charge is 0.224 e. The Balaban J connectivity index is 1.86. The number of sulfonamides is 1. The normalized spacial score (nSPS) is 11.5. The Kier molecular flexibility index (Phi) is 6.99. The van der Waals surface area contributed by atoms with Gasteiger partial charge in [-0.05, 0) is 23.3 Å². The first kappa shape index (κ1) is 19.4. The van der Waals surface area contributed by atoms with E-state index in [1.54, 1.807) is 24.3 Å². The molecule has 2 rings (SSSR count). The second kappa shape index (κ2) is 8.99. The number of carbonyl (C=O) groups excluding carboxylic acids is 1. The van der Waals surface area contributed by atoms with Crippen molar-refractivity contribution >= 4 is 27.5 Å². The Morgan fingerprint density at radius 2 is 1.68 bits per heavy atom. The summed E-state index contributed by atoms with van der Waals surface area (Å²) >= 11 is 5.81. The third kappa shape index (κ3) is 6.86. The first-order valence-corrected chi connectivity index (χ1v) is 10.1. The molecule has 0 aliphatic carbocycles. The summed E-state index contributed by atoms with van der Waals surface area (Å²) in [6, 6.07) is 16.4. The molecule has 0 fully saturated rings. The number of rotatable bonds is 8. The SMILES string of the molecule is CS(=O)(=O)N(CCNC(=O)Cc1ccc(Cl)cc1)Cc1ccccc1. The number of benzene rings is 2. The zero-order chi connectivity index (χ0) is 18.3. The predicted octanol–water partition coefficient (Wildman–Crippen LogP) is 2.46. The molecule has 0 aliphatic heterocycles. The van der Waals surface area contributed by atoms with E-state index >= 15 is 0 Å². The van der Waals surface area contributed by atoms with Gasteiger partial charge in [0.1, 0.15) is 0 Å². The van der Waals surface area contributed by atoms with Gasteiger partial charge >= 0.3 is 0 Å². The van der Waals surface area contributed by atoms with Gasteiger partial charge in [0.25, 0.3) is 0 Å². The number of carbonyl (C=O) groups is 1. The van der Waals surface area contributed by atoms with Gasteiger partial charge in [-0.3, -0.25) is 4.79 Å². The van der Waals surface area contributed by atoms with Crippen molar-refractivity contribution in [3.05, 3.63) is 70.7 Å². The number of hydrogen-bond acceptors (Lipinski definition) is 3. The minimum absolute atomic E-state index is 0.157. The largest absolute Gasteiger partial charge is 0.354 e. The summed E-state index contributed by atoms with van der Waals surface area (Å²) in [5.74, 6) is -0.157. The Labute approximate surface area is 153 Å². The van der Waals surface area contributed by atoms with Gasteiger partial charge in [-0.15, -0.1) is 0 Å². The van der Waals surface area contributed by atoms with E-state index in [9.17, 15) is 13.2 Å². The molecule has 0 aliphatic rings. The molecule has 5 nitrogen and oxygen atoms in total. The van der Waals surface area contributed by atoms with Gasteiger partial charge in [-0.25, -0.2) is 8.42 Å². The molecular weight excluding hydrogens is 360 g/mol. The lowest BCUT2D eigenvalue weighted by atomic mass is 10.1. The van der Waals surface area contributed by atoms with Crippen molar-refractivity contribution in [1.82, 2.24) is 9.62 Å². The van der Waals surface area contributed by atoms with Gasteiger partial charge in [0.05, 0.1) is 12.7 Å². The standard InChI is InChI=1S/C18H21ClN2O3S/c1-25(23,24)21(14-16-5-3-2-4-6-16)12-11-20-18(22)13-15-7-9-17(19)10-8-15/h2-10H,11-14H2,1H3,(H,20,22). The van der Waals surface area contributed by atoms with E-state index < -0.39 is 10.0 Å². The maximum Gasteiger partial charge on any atom is 0.224 e. The second-order valence-corrected chi connectivity index (χ2v) is 8.15. The van der Waals surface area contributed by atoms with Crippen LogP contribution in [0.25, 0.3) is 0 Å². The lowest BCUT2D eigenvalue weighted by Gasteiger charge is -2.20. The Hall–Kier alpha value is -1.89. The van der Waals surface area contributed by atoms with Crippen LogP contribution in [0.4, 0.5) is 0 Å². The second-order valence-electron chi connectivity index (χ2n) is 5.74. The molecule has 0 aromatic heterocycles.